The van der Waals surface area contributed by atoms with Crippen LogP contribution in [0.2, 0.25) is 0 Å². The summed E-state index contributed by atoms with van der Waals surface area (Å²) in [5.41, 5.74) is 7.26. The minimum Gasteiger partial charge on any atom is -0.399 e. The molecule has 7 nitrogen and oxygen atoms in total. The molecular formula is C18H26BrN5O2. The van der Waals surface area contributed by atoms with Crippen LogP contribution >= 0.6 is 15.9 Å². The Bertz CT molecular complexity index is 713. The van der Waals surface area contributed by atoms with Gasteiger partial charge in [0.15, 0.2) is 0 Å². The van der Waals surface area contributed by atoms with Crippen LogP contribution in [0.3, 0.4) is 0 Å². The predicted molar refractivity (Wildman–Crippen MR) is 106 cm³/mol. The van der Waals surface area contributed by atoms with E-state index in [0.29, 0.717) is 29.4 Å². The second-order valence-corrected chi connectivity index (χ2v) is 7.75. The molecule has 0 bridgehead atoms. The van der Waals surface area contributed by atoms with E-state index in [1.165, 1.54) is 18.9 Å². The number of carbonyl (C=O) groups is 1. The molecule has 0 aromatic carbocycles. The Kier molecular flexibility index (Phi) is 5.72. The van der Waals surface area contributed by atoms with Crippen LogP contribution in [0.1, 0.15) is 30.9 Å². The molecule has 26 heavy (non-hydrogen) atoms. The van der Waals surface area contributed by atoms with Crippen molar-refractivity contribution in [2.24, 2.45) is 11.7 Å². The Labute approximate surface area is 162 Å². The summed E-state index contributed by atoms with van der Waals surface area (Å²) in [4.78, 5) is 14.0. The van der Waals surface area contributed by atoms with E-state index in [1.54, 1.807) is 12.0 Å². The summed E-state index contributed by atoms with van der Waals surface area (Å²) in [6.07, 6.45) is 4.62. The Morgan fingerprint density at radius 1 is 1.54 bits per heavy atom. The van der Waals surface area contributed by atoms with Gasteiger partial charge in [-0.3, -0.25) is 4.79 Å². The molecular weight excluding hydrogens is 398 g/mol. The summed E-state index contributed by atoms with van der Waals surface area (Å²) in [7, 11) is 1.65. The zero-order valence-corrected chi connectivity index (χ0v) is 16.7. The molecule has 1 aliphatic carbocycles. The first-order valence-electron chi connectivity index (χ1n) is 8.84. The highest BCUT2D eigenvalue weighted by atomic mass is 79.9. The number of halogens is 1. The monoisotopic (exact) mass is 423 g/mol. The van der Waals surface area contributed by atoms with Crippen LogP contribution in [0.15, 0.2) is 23.8 Å². The maximum absolute atomic E-state index is 12.2. The van der Waals surface area contributed by atoms with Gasteiger partial charge in [-0.1, -0.05) is 13.2 Å². The first-order chi connectivity index (χ1) is 12.5. The van der Waals surface area contributed by atoms with Gasteiger partial charge in [0.1, 0.15) is 10.4 Å². The second-order valence-electron chi connectivity index (χ2n) is 7.00. The molecule has 3 rings (SSSR count). The minimum absolute atomic E-state index is 0.000661. The van der Waals surface area contributed by atoms with Crippen molar-refractivity contribution in [3.63, 3.8) is 0 Å². The highest BCUT2D eigenvalue weighted by molar-refractivity contribution is 9.10. The number of aromatic nitrogens is 2. The number of nitrogens with one attached hydrogen (secondary N) is 1. The lowest BCUT2D eigenvalue weighted by atomic mass is 10.1. The molecule has 1 saturated carbocycles. The summed E-state index contributed by atoms with van der Waals surface area (Å²) < 4.78 is 7.91. The van der Waals surface area contributed by atoms with Gasteiger partial charge >= 0.3 is 0 Å². The smallest absolute Gasteiger partial charge is 0.246 e. The Morgan fingerprint density at radius 2 is 2.27 bits per heavy atom. The molecule has 2 heterocycles. The molecule has 0 unspecified atom stereocenters. The van der Waals surface area contributed by atoms with Crippen molar-refractivity contribution < 1.29 is 9.53 Å². The average Bonchev–Trinajstić information content (AvgIpc) is 3.24. The molecule has 0 spiro atoms. The molecule has 0 radical (unpaired) electrons. The van der Waals surface area contributed by atoms with Crippen molar-refractivity contribution in [1.82, 2.24) is 14.7 Å². The number of amides is 1. The minimum atomic E-state index is -0.0864. The molecule has 1 aromatic rings. The van der Waals surface area contributed by atoms with Crippen molar-refractivity contribution in [1.29, 1.82) is 0 Å². The molecule has 1 saturated heterocycles. The van der Waals surface area contributed by atoms with E-state index in [-0.39, 0.29) is 18.0 Å². The van der Waals surface area contributed by atoms with Crippen molar-refractivity contribution in [3.05, 3.63) is 29.4 Å². The number of ether oxygens (including phenoxy) is 1. The zero-order chi connectivity index (χ0) is 18.8. The van der Waals surface area contributed by atoms with E-state index in [1.807, 2.05) is 4.68 Å². The number of nitrogens with zero attached hydrogens (tertiary/aromatic N) is 3. The van der Waals surface area contributed by atoms with Crippen molar-refractivity contribution in [2.45, 2.75) is 31.3 Å². The fourth-order valence-corrected chi connectivity index (χ4v) is 4.11. The van der Waals surface area contributed by atoms with E-state index in [4.69, 9.17) is 10.5 Å². The highest BCUT2D eigenvalue weighted by Gasteiger charge is 2.37. The molecule has 2 aliphatic rings. The number of methoxy groups -OCH3 is 1. The predicted octanol–water partition coefficient (Wildman–Crippen LogP) is 2.37. The van der Waals surface area contributed by atoms with Gasteiger partial charge in [-0.05, 0) is 47.2 Å². The quantitative estimate of drug-likeness (QED) is 0.626. The third-order valence-corrected chi connectivity index (χ3v) is 5.55. The Morgan fingerprint density at radius 3 is 2.85 bits per heavy atom. The fourth-order valence-electron chi connectivity index (χ4n) is 3.49. The van der Waals surface area contributed by atoms with Gasteiger partial charge in [-0.25, -0.2) is 4.68 Å². The largest absolute Gasteiger partial charge is 0.399 e. The fraction of sp³-hybridized carbons (Fsp3) is 0.556. The number of anilines is 1. The average molecular weight is 424 g/mol. The summed E-state index contributed by atoms with van der Waals surface area (Å²) in [6, 6.07) is 0.0319. The third kappa shape index (κ3) is 3.81. The lowest BCUT2D eigenvalue weighted by Crippen LogP contribution is -2.37. The maximum Gasteiger partial charge on any atom is 0.246 e. The van der Waals surface area contributed by atoms with Crippen LogP contribution in [0.5, 0.6) is 0 Å². The number of hydrogen-bond acceptors (Lipinski definition) is 5. The molecule has 1 amide bonds. The normalized spacial score (nSPS) is 22.5. The van der Waals surface area contributed by atoms with Gasteiger partial charge in [0.05, 0.1) is 24.3 Å². The van der Waals surface area contributed by atoms with Gasteiger partial charge in [0, 0.05) is 25.9 Å². The molecule has 1 aliphatic heterocycles. The topological polar surface area (TPSA) is 85.4 Å². The van der Waals surface area contributed by atoms with Crippen molar-refractivity contribution in [3.8, 4) is 0 Å². The summed E-state index contributed by atoms with van der Waals surface area (Å²) in [5.74, 6) is 1.49. The van der Waals surface area contributed by atoms with Crippen molar-refractivity contribution in [2.75, 3.05) is 32.1 Å². The Balaban J connectivity index is 1.89. The SMILES string of the molecule is C=CC(=O)N1C[C@@H](n2nc(Br)c(C(=C)N)c2NCC2CC2)C[C@@H]1COC. The van der Waals surface area contributed by atoms with Crippen molar-refractivity contribution >= 4 is 33.4 Å². The van der Waals surface area contributed by atoms with E-state index < -0.39 is 0 Å². The van der Waals surface area contributed by atoms with Crippen LogP contribution in [0.4, 0.5) is 5.82 Å². The number of hydrogen-bond donors (Lipinski definition) is 2. The maximum atomic E-state index is 12.2. The summed E-state index contributed by atoms with van der Waals surface area (Å²) in [5, 5.41) is 8.15. The summed E-state index contributed by atoms with van der Waals surface area (Å²) in [6.45, 7) is 9.43. The lowest BCUT2D eigenvalue weighted by molar-refractivity contribution is -0.127. The number of rotatable bonds is 8. The van der Waals surface area contributed by atoms with E-state index in [0.717, 1.165) is 24.3 Å². The van der Waals surface area contributed by atoms with Crippen LogP contribution in [0.25, 0.3) is 5.70 Å². The first kappa shape index (κ1) is 19.0. The van der Waals surface area contributed by atoms with Crippen LogP contribution in [0, 0.1) is 5.92 Å². The number of carbonyl (C=O) groups excluding carboxylic acids is 1. The van der Waals surface area contributed by atoms with E-state index >= 15 is 0 Å². The van der Waals surface area contributed by atoms with E-state index in [9.17, 15) is 4.79 Å². The van der Waals surface area contributed by atoms with Gasteiger partial charge in [-0.15, -0.1) is 0 Å². The van der Waals surface area contributed by atoms with E-state index in [2.05, 4.69) is 39.5 Å². The Hall–Kier alpha value is -1.80. The first-order valence-corrected chi connectivity index (χ1v) is 9.64. The second kappa shape index (κ2) is 7.84. The molecule has 3 N–H and O–H groups in total. The van der Waals surface area contributed by atoms with Gasteiger partial charge in [0.2, 0.25) is 5.91 Å². The molecule has 8 heteroatoms. The molecule has 2 fully saturated rings. The van der Waals surface area contributed by atoms with Crippen LogP contribution < -0.4 is 11.1 Å². The number of nitrogens with two attached hydrogens (primary N) is 1. The van der Waals surface area contributed by atoms with Gasteiger partial charge < -0.3 is 20.7 Å². The molecule has 2 atom stereocenters. The number of likely N-dealkylation sites (tertiary alicyclic amines) is 1. The standard InChI is InChI=1S/C18H26BrN5O2/c1-4-15(25)23-9-13(7-14(23)10-26-3)24-18(21-8-12-5-6-12)16(11(2)20)17(19)22-24/h4,12-14,21H,1-2,5-10,20H2,3H3/t13-,14+/m0/s1. The van der Waals surface area contributed by atoms with Gasteiger partial charge in [-0.2, -0.15) is 5.10 Å². The molecule has 142 valence electrons. The third-order valence-electron chi connectivity index (χ3n) is 5.00. The van der Waals surface area contributed by atoms with Gasteiger partial charge in [0.25, 0.3) is 0 Å². The van der Waals surface area contributed by atoms with Crippen LogP contribution in [-0.4, -0.2) is 53.4 Å². The lowest BCUT2D eigenvalue weighted by Gasteiger charge is -2.22. The summed E-state index contributed by atoms with van der Waals surface area (Å²) >= 11 is 3.51. The highest BCUT2D eigenvalue weighted by Crippen LogP contribution is 2.37. The zero-order valence-electron chi connectivity index (χ0n) is 15.1. The molecule has 1 aromatic heterocycles. The van der Waals surface area contributed by atoms with Crippen LogP contribution in [-0.2, 0) is 9.53 Å².